The number of hydrogen-bond donors (Lipinski definition) is 1. The van der Waals surface area contributed by atoms with Crippen LogP contribution >= 0.6 is 0 Å². The number of sulfonamides is 1. The average Bonchev–Trinajstić information content (AvgIpc) is 3.17. The fourth-order valence-corrected chi connectivity index (χ4v) is 5.28. The molecule has 2 aliphatic rings. The molecule has 0 unspecified atom stereocenters. The summed E-state index contributed by atoms with van der Waals surface area (Å²) in [6.07, 6.45) is 5.19. The summed E-state index contributed by atoms with van der Waals surface area (Å²) in [5, 5.41) is 4.35. The minimum absolute atomic E-state index is 0.233. The van der Waals surface area contributed by atoms with Gasteiger partial charge in [-0.2, -0.15) is 9.41 Å². The highest BCUT2D eigenvalue weighted by molar-refractivity contribution is 7.89. The number of nitrogens with one attached hydrogen (secondary N) is 1. The molecule has 0 spiro atoms. The fraction of sp³-hybridized carbons (Fsp3) is 0.579. The molecule has 0 radical (unpaired) electrons. The third-order valence-electron chi connectivity index (χ3n) is 5.39. The standard InChI is InChI=1S/C19H27N3O3S/c1-14-6-5-7-15(2)18(14)20-21-19(23)16-8-10-17(11-9-16)26(24,25)22-12-3-4-13-22/h8-11,14-15H,3-7,12-13H2,1-2H3,(H,21,23)/t14-,15+. The van der Waals surface area contributed by atoms with Gasteiger partial charge in [-0.1, -0.05) is 20.3 Å². The Kier molecular flexibility index (Phi) is 5.77. The molecule has 1 saturated carbocycles. The van der Waals surface area contributed by atoms with E-state index in [1.807, 2.05) is 0 Å². The van der Waals surface area contributed by atoms with E-state index >= 15 is 0 Å². The first kappa shape index (κ1) is 19.0. The van der Waals surface area contributed by atoms with Gasteiger partial charge >= 0.3 is 0 Å². The van der Waals surface area contributed by atoms with Crippen LogP contribution in [0.3, 0.4) is 0 Å². The Labute approximate surface area is 155 Å². The smallest absolute Gasteiger partial charge is 0.267 e. The quantitative estimate of drug-likeness (QED) is 0.819. The lowest BCUT2D eigenvalue weighted by atomic mass is 9.81. The first-order valence-corrected chi connectivity index (χ1v) is 10.8. The molecule has 1 aliphatic carbocycles. The largest absolute Gasteiger partial charge is 0.271 e. The van der Waals surface area contributed by atoms with Gasteiger partial charge in [-0.3, -0.25) is 4.79 Å². The summed E-state index contributed by atoms with van der Waals surface area (Å²) in [6, 6.07) is 6.10. The SMILES string of the molecule is C[C@@H]1CCC[C@H](C)C1=NNC(=O)c1ccc(S(=O)(=O)N2CCCC2)cc1. The summed E-state index contributed by atoms with van der Waals surface area (Å²) >= 11 is 0. The van der Waals surface area contributed by atoms with Crippen LogP contribution in [0.4, 0.5) is 0 Å². The molecule has 1 aromatic rings. The Morgan fingerprint density at radius 3 is 2.19 bits per heavy atom. The Morgan fingerprint density at radius 1 is 1.04 bits per heavy atom. The highest BCUT2D eigenvalue weighted by Gasteiger charge is 2.27. The van der Waals surface area contributed by atoms with Gasteiger partial charge in [-0.05, 0) is 61.8 Å². The van der Waals surface area contributed by atoms with Gasteiger partial charge in [0.15, 0.2) is 0 Å². The van der Waals surface area contributed by atoms with Crippen LogP contribution in [0.25, 0.3) is 0 Å². The number of benzene rings is 1. The topological polar surface area (TPSA) is 78.8 Å². The van der Waals surface area contributed by atoms with Gasteiger partial charge in [-0.25, -0.2) is 13.8 Å². The van der Waals surface area contributed by atoms with Crippen LogP contribution in [0.1, 0.15) is 56.3 Å². The van der Waals surface area contributed by atoms with Gasteiger partial charge in [0.05, 0.1) is 4.90 Å². The second-order valence-electron chi connectivity index (χ2n) is 7.35. The van der Waals surface area contributed by atoms with Crippen LogP contribution in [0.15, 0.2) is 34.3 Å². The summed E-state index contributed by atoms with van der Waals surface area (Å²) in [7, 11) is -3.45. The van der Waals surface area contributed by atoms with E-state index in [0.717, 1.165) is 31.4 Å². The van der Waals surface area contributed by atoms with Crippen molar-refractivity contribution in [3.8, 4) is 0 Å². The van der Waals surface area contributed by atoms with Gasteiger partial charge in [0.25, 0.3) is 5.91 Å². The second-order valence-corrected chi connectivity index (χ2v) is 9.28. The van der Waals surface area contributed by atoms with E-state index in [0.29, 0.717) is 30.5 Å². The number of amides is 1. The summed E-state index contributed by atoms with van der Waals surface area (Å²) in [5.74, 6) is 0.451. The van der Waals surface area contributed by atoms with Crippen LogP contribution in [0.5, 0.6) is 0 Å². The van der Waals surface area contributed by atoms with Crippen LogP contribution in [0, 0.1) is 11.8 Å². The maximum Gasteiger partial charge on any atom is 0.271 e. The van der Waals surface area contributed by atoms with Gasteiger partial charge in [-0.15, -0.1) is 0 Å². The lowest BCUT2D eigenvalue weighted by Gasteiger charge is -2.26. The number of hydrogen-bond acceptors (Lipinski definition) is 4. The van der Waals surface area contributed by atoms with E-state index in [4.69, 9.17) is 0 Å². The molecule has 3 rings (SSSR count). The molecule has 2 fully saturated rings. The third kappa shape index (κ3) is 3.99. The molecular formula is C19H27N3O3S. The lowest BCUT2D eigenvalue weighted by molar-refractivity contribution is 0.0954. The first-order valence-electron chi connectivity index (χ1n) is 9.37. The fourth-order valence-electron chi connectivity index (χ4n) is 3.77. The molecule has 7 heteroatoms. The zero-order chi connectivity index (χ0) is 18.7. The maximum absolute atomic E-state index is 12.5. The number of nitrogens with zero attached hydrogens (tertiary/aromatic N) is 2. The molecule has 1 aromatic carbocycles. The van der Waals surface area contributed by atoms with Crippen molar-refractivity contribution in [1.82, 2.24) is 9.73 Å². The summed E-state index contributed by atoms with van der Waals surface area (Å²) < 4.78 is 26.5. The molecule has 142 valence electrons. The normalized spacial score (nSPS) is 26.2. The first-order chi connectivity index (χ1) is 12.4. The highest BCUT2D eigenvalue weighted by Crippen LogP contribution is 2.26. The molecule has 26 heavy (non-hydrogen) atoms. The predicted molar refractivity (Wildman–Crippen MR) is 102 cm³/mol. The zero-order valence-electron chi connectivity index (χ0n) is 15.4. The second kappa shape index (κ2) is 7.88. The number of carbonyl (C=O) groups excluding carboxylic acids is 1. The van der Waals surface area contributed by atoms with Crippen LogP contribution in [-0.4, -0.2) is 37.4 Å². The maximum atomic E-state index is 12.5. The van der Waals surface area contributed by atoms with Crippen molar-refractivity contribution in [2.24, 2.45) is 16.9 Å². The van der Waals surface area contributed by atoms with Crippen LogP contribution in [-0.2, 0) is 10.0 Å². The van der Waals surface area contributed by atoms with E-state index in [1.54, 1.807) is 12.1 Å². The van der Waals surface area contributed by atoms with Crippen LogP contribution in [0.2, 0.25) is 0 Å². The van der Waals surface area contributed by atoms with E-state index in [9.17, 15) is 13.2 Å². The third-order valence-corrected chi connectivity index (χ3v) is 7.30. The van der Waals surface area contributed by atoms with Crippen molar-refractivity contribution in [3.63, 3.8) is 0 Å². The molecule has 1 amide bonds. The summed E-state index contributed by atoms with van der Waals surface area (Å²) in [4.78, 5) is 12.6. The molecule has 1 aliphatic heterocycles. The van der Waals surface area contributed by atoms with E-state index in [-0.39, 0.29) is 10.8 Å². The van der Waals surface area contributed by atoms with Crippen molar-refractivity contribution < 1.29 is 13.2 Å². The molecule has 0 bridgehead atoms. The minimum Gasteiger partial charge on any atom is -0.267 e. The van der Waals surface area contributed by atoms with Gasteiger partial charge in [0.2, 0.25) is 10.0 Å². The molecule has 1 heterocycles. The Hall–Kier alpha value is -1.73. The Balaban J connectivity index is 1.69. The number of carbonyl (C=O) groups is 1. The van der Waals surface area contributed by atoms with Crippen molar-refractivity contribution in [2.45, 2.75) is 50.8 Å². The van der Waals surface area contributed by atoms with E-state index in [2.05, 4.69) is 24.4 Å². The Morgan fingerprint density at radius 2 is 1.62 bits per heavy atom. The number of rotatable bonds is 4. The monoisotopic (exact) mass is 377 g/mol. The molecule has 1 saturated heterocycles. The van der Waals surface area contributed by atoms with Crippen molar-refractivity contribution in [2.75, 3.05) is 13.1 Å². The molecule has 6 nitrogen and oxygen atoms in total. The van der Waals surface area contributed by atoms with Crippen molar-refractivity contribution in [1.29, 1.82) is 0 Å². The molecular weight excluding hydrogens is 350 g/mol. The lowest BCUT2D eigenvalue weighted by Crippen LogP contribution is -2.29. The van der Waals surface area contributed by atoms with Gasteiger partial charge in [0, 0.05) is 24.4 Å². The van der Waals surface area contributed by atoms with Crippen LogP contribution < -0.4 is 5.43 Å². The zero-order valence-corrected chi connectivity index (χ0v) is 16.3. The molecule has 2 atom stereocenters. The van der Waals surface area contributed by atoms with Crippen molar-refractivity contribution in [3.05, 3.63) is 29.8 Å². The van der Waals surface area contributed by atoms with E-state index < -0.39 is 10.0 Å². The van der Waals surface area contributed by atoms with Gasteiger partial charge < -0.3 is 0 Å². The highest BCUT2D eigenvalue weighted by atomic mass is 32.2. The predicted octanol–water partition coefficient (Wildman–Crippen LogP) is 3.01. The van der Waals surface area contributed by atoms with Crippen molar-refractivity contribution >= 4 is 21.6 Å². The minimum atomic E-state index is -3.45. The number of hydrazone groups is 1. The Bertz CT molecular complexity index is 769. The molecule has 1 N–H and O–H groups in total. The average molecular weight is 378 g/mol. The van der Waals surface area contributed by atoms with E-state index in [1.165, 1.54) is 22.9 Å². The molecule has 0 aromatic heterocycles. The summed E-state index contributed by atoms with van der Waals surface area (Å²) in [6.45, 7) is 5.41. The van der Waals surface area contributed by atoms with Gasteiger partial charge in [0.1, 0.15) is 0 Å². The summed E-state index contributed by atoms with van der Waals surface area (Å²) in [5.41, 5.74) is 4.08.